The van der Waals surface area contributed by atoms with Gasteiger partial charge in [0.1, 0.15) is 11.6 Å². The lowest BCUT2D eigenvalue weighted by atomic mass is 10.3. The quantitative estimate of drug-likeness (QED) is 0.695. The van der Waals surface area contributed by atoms with Crippen molar-refractivity contribution >= 4 is 23.3 Å². The molecule has 4 heteroatoms. The smallest absolute Gasteiger partial charge is 0.144 e. The average Bonchev–Trinajstić information content (AvgIpc) is 2.35. The third kappa shape index (κ3) is 1.51. The highest BCUT2D eigenvalue weighted by atomic mass is 32.2. The van der Waals surface area contributed by atoms with Crippen LogP contribution in [0.1, 0.15) is 0 Å². The number of methoxy groups -OCH3 is 1. The molecular formula is C12H10N2OS. The van der Waals surface area contributed by atoms with E-state index in [4.69, 9.17) is 4.74 Å². The molecule has 1 aliphatic rings. The molecule has 0 fully saturated rings. The summed E-state index contributed by atoms with van der Waals surface area (Å²) in [6.45, 7) is 0. The van der Waals surface area contributed by atoms with E-state index in [-0.39, 0.29) is 0 Å². The Bertz CT molecular complexity index is 542. The molecule has 1 aromatic carbocycles. The maximum absolute atomic E-state index is 5.20. The fraction of sp³-hybridized carbons (Fsp3) is 0.0833. The van der Waals surface area contributed by atoms with Gasteiger partial charge < -0.3 is 10.1 Å². The number of nitrogens with one attached hydrogen (secondary N) is 1. The average molecular weight is 230 g/mol. The molecule has 3 rings (SSSR count). The molecule has 0 saturated heterocycles. The summed E-state index contributed by atoms with van der Waals surface area (Å²) in [6.07, 6.45) is 1.79. The van der Waals surface area contributed by atoms with Gasteiger partial charge in [-0.2, -0.15) is 0 Å². The third-order valence-electron chi connectivity index (χ3n) is 2.43. The number of benzene rings is 1. The molecule has 2 aromatic rings. The van der Waals surface area contributed by atoms with E-state index in [2.05, 4.69) is 22.4 Å². The van der Waals surface area contributed by atoms with Gasteiger partial charge in [0, 0.05) is 17.2 Å². The summed E-state index contributed by atoms with van der Waals surface area (Å²) in [5, 5.41) is 3.30. The van der Waals surface area contributed by atoms with Gasteiger partial charge in [-0.05, 0) is 24.3 Å². The molecule has 16 heavy (non-hydrogen) atoms. The molecule has 1 aliphatic heterocycles. The number of hydrogen-bond donors (Lipinski definition) is 1. The molecule has 1 N–H and O–H groups in total. The molecule has 0 radical (unpaired) electrons. The van der Waals surface area contributed by atoms with Crippen LogP contribution in [0.15, 0.2) is 46.3 Å². The van der Waals surface area contributed by atoms with Crippen LogP contribution in [0.25, 0.3) is 0 Å². The van der Waals surface area contributed by atoms with Gasteiger partial charge in [-0.3, -0.25) is 0 Å². The normalized spacial score (nSPS) is 12.3. The summed E-state index contributed by atoms with van der Waals surface area (Å²) < 4.78 is 5.20. The van der Waals surface area contributed by atoms with Gasteiger partial charge in [0.25, 0.3) is 0 Å². The lowest BCUT2D eigenvalue weighted by Gasteiger charge is -2.19. The Kier molecular flexibility index (Phi) is 2.22. The topological polar surface area (TPSA) is 34.1 Å². The van der Waals surface area contributed by atoms with Crippen LogP contribution in [0.4, 0.5) is 11.5 Å². The minimum atomic E-state index is 0.853. The van der Waals surface area contributed by atoms with Crippen LogP contribution < -0.4 is 10.1 Å². The minimum Gasteiger partial charge on any atom is -0.497 e. The Morgan fingerprint density at radius 2 is 2.19 bits per heavy atom. The maximum Gasteiger partial charge on any atom is 0.144 e. The molecule has 0 bridgehead atoms. The molecule has 0 unspecified atom stereocenters. The molecule has 80 valence electrons. The summed E-state index contributed by atoms with van der Waals surface area (Å²) in [5.41, 5.74) is 1.05. The monoisotopic (exact) mass is 230 g/mol. The number of rotatable bonds is 1. The van der Waals surface area contributed by atoms with Crippen LogP contribution in [0.2, 0.25) is 0 Å². The van der Waals surface area contributed by atoms with Crippen molar-refractivity contribution in [3.63, 3.8) is 0 Å². The number of ether oxygens (including phenoxy) is 1. The largest absolute Gasteiger partial charge is 0.497 e. The Morgan fingerprint density at radius 1 is 1.25 bits per heavy atom. The number of hydrogen-bond acceptors (Lipinski definition) is 4. The van der Waals surface area contributed by atoms with E-state index in [9.17, 15) is 0 Å². The summed E-state index contributed by atoms with van der Waals surface area (Å²) in [5.74, 6) is 1.76. The Morgan fingerprint density at radius 3 is 3.06 bits per heavy atom. The predicted molar refractivity (Wildman–Crippen MR) is 64.6 cm³/mol. The zero-order valence-corrected chi connectivity index (χ0v) is 9.54. The fourth-order valence-corrected chi connectivity index (χ4v) is 2.58. The second kappa shape index (κ2) is 3.72. The van der Waals surface area contributed by atoms with Crippen molar-refractivity contribution in [3.8, 4) is 5.75 Å². The van der Waals surface area contributed by atoms with Crippen molar-refractivity contribution in [2.24, 2.45) is 0 Å². The van der Waals surface area contributed by atoms with Crippen LogP contribution in [0.5, 0.6) is 5.75 Å². The first-order chi connectivity index (χ1) is 7.86. The molecular weight excluding hydrogens is 220 g/mol. The van der Waals surface area contributed by atoms with Crippen LogP contribution >= 0.6 is 11.8 Å². The van der Waals surface area contributed by atoms with E-state index in [0.29, 0.717) is 0 Å². The van der Waals surface area contributed by atoms with Gasteiger partial charge in [0.05, 0.1) is 17.7 Å². The summed E-state index contributed by atoms with van der Waals surface area (Å²) in [4.78, 5) is 6.65. The zero-order chi connectivity index (χ0) is 11.0. The van der Waals surface area contributed by atoms with Crippen molar-refractivity contribution in [1.29, 1.82) is 0 Å². The number of anilines is 2. The SMILES string of the molecule is COc1ccc2c(c1)Nc1ncccc1S2. The van der Waals surface area contributed by atoms with E-state index in [1.165, 1.54) is 4.90 Å². The second-order valence-corrected chi connectivity index (χ2v) is 4.52. The van der Waals surface area contributed by atoms with Crippen LogP contribution in [0, 0.1) is 0 Å². The molecule has 0 amide bonds. The number of pyridine rings is 1. The number of fused-ring (bicyclic) bond motifs is 2. The molecule has 3 nitrogen and oxygen atoms in total. The molecule has 0 saturated carbocycles. The molecule has 0 aliphatic carbocycles. The van der Waals surface area contributed by atoms with Gasteiger partial charge >= 0.3 is 0 Å². The minimum absolute atomic E-state index is 0.853. The van der Waals surface area contributed by atoms with Crippen LogP contribution in [-0.2, 0) is 0 Å². The zero-order valence-electron chi connectivity index (χ0n) is 8.73. The molecule has 1 aromatic heterocycles. The summed E-state index contributed by atoms with van der Waals surface area (Å²) in [6, 6.07) is 10.0. The highest BCUT2D eigenvalue weighted by Gasteiger charge is 2.16. The van der Waals surface area contributed by atoms with Crippen molar-refractivity contribution in [2.75, 3.05) is 12.4 Å². The van der Waals surface area contributed by atoms with Gasteiger partial charge in [-0.1, -0.05) is 11.8 Å². The number of aromatic nitrogens is 1. The van der Waals surface area contributed by atoms with E-state index in [1.807, 2.05) is 18.2 Å². The van der Waals surface area contributed by atoms with Crippen molar-refractivity contribution in [3.05, 3.63) is 36.5 Å². The summed E-state index contributed by atoms with van der Waals surface area (Å²) in [7, 11) is 1.67. The van der Waals surface area contributed by atoms with Gasteiger partial charge in [-0.25, -0.2) is 4.98 Å². The molecule has 2 heterocycles. The van der Waals surface area contributed by atoms with Gasteiger partial charge in [0.15, 0.2) is 0 Å². The van der Waals surface area contributed by atoms with Crippen LogP contribution in [0.3, 0.4) is 0 Å². The van der Waals surface area contributed by atoms with E-state index >= 15 is 0 Å². The standard InChI is InChI=1S/C12H10N2OS/c1-15-8-4-5-10-9(7-8)14-12-11(16-10)3-2-6-13-12/h2-7H,1H3,(H,13,14). The number of nitrogens with zero attached hydrogens (tertiary/aromatic N) is 1. The van der Waals surface area contributed by atoms with E-state index in [1.54, 1.807) is 25.1 Å². The highest BCUT2D eigenvalue weighted by molar-refractivity contribution is 7.99. The lowest BCUT2D eigenvalue weighted by Crippen LogP contribution is -2.01. The Hall–Kier alpha value is -1.68. The second-order valence-electron chi connectivity index (χ2n) is 3.44. The first-order valence-electron chi connectivity index (χ1n) is 4.95. The molecule has 0 spiro atoms. The Labute approximate surface area is 97.9 Å². The van der Waals surface area contributed by atoms with Crippen molar-refractivity contribution in [1.82, 2.24) is 4.98 Å². The van der Waals surface area contributed by atoms with E-state index < -0.39 is 0 Å². The van der Waals surface area contributed by atoms with Gasteiger partial charge in [0.2, 0.25) is 0 Å². The van der Waals surface area contributed by atoms with E-state index in [0.717, 1.165) is 22.2 Å². The first kappa shape index (κ1) is 9.54. The molecule has 0 atom stereocenters. The summed E-state index contributed by atoms with van der Waals surface area (Å²) >= 11 is 1.72. The fourth-order valence-electron chi connectivity index (χ4n) is 1.64. The van der Waals surface area contributed by atoms with Crippen molar-refractivity contribution in [2.45, 2.75) is 9.79 Å². The Balaban J connectivity index is 2.05. The van der Waals surface area contributed by atoms with Crippen molar-refractivity contribution < 1.29 is 4.74 Å². The first-order valence-corrected chi connectivity index (χ1v) is 5.76. The third-order valence-corrected chi connectivity index (χ3v) is 3.56. The van der Waals surface area contributed by atoms with Gasteiger partial charge in [-0.15, -0.1) is 0 Å². The van der Waals surface area contributed by atoms with Crippen LogP contribution in [-0.4, -0.2) is 12.1 Å². The maximum atomic E-state index is 5.20. The highest BCUT2D eigenvalue weighted by Crippen LogP contribution is 2.43. The lowest BCUT2D eigenvalue weighted by molar-refractivity contribution is 0.414. The predicted octanol–water partition coefficient (Wildman–Crippen LogP) is 3.30.